The molecule has 0 unspecified atom stereocenters. The van der Waals surface area contributed by atoms with Crippen LogP contribution in [0.2, 0.25) is 0 Å². The van der Waals surface area contributed by atoms with E-state index in [1.807, 2.05) is 52.0 Å². The van der Waals surface area contributed by atoms with Crippen LogP contribution in [0, 0.1) is 0 Å². The van der Waals surface area contributed by atoms with Gasteiger partial charge in [0.05, 0.1) is 11.8 Å². The molecule has 0 N–H and O–H groups in total. The number of rotatable bonds is 9. The normalized spacial score (nSPS) is 12.0. The van der Waals surface area contributed by atoms with Crippen molar-refractivity contribution in [3.63, 3.8) is 0 Å². The highest BCUT2D eigenvalue weighted by molar-refractivity contribution is 6.07. The zero-order chi connectivity index (χ0) is 15.5. The summed E-state index contributed by atoms with van der Waals surface area (Å²) in [6, 6.07) is 7.78. The summed E-state index contributed by atoms with van der Waals surface area (Å²) in [7, 11) is 0. The molecule has 0 spiro atoms. The molecule has 0 saturated heterocycles. The first-order valence-electron chi connectivity index (χ1n) is 7.27. The molecule has 1 aromatic rings. The zero-order valence-electron chi connectivity index (χ0n) is 13.2. The molecule has 1 aromatic carbocycles. The second-order valence-corrected chi connectivity index (χ2v) is 4.56. The molecule has 0 radical (unpaired) electrons. The van der Waals surface area contributed by atoms with Crippen LogP contribution >= 0.6 is 0 Å². The molecule has 116 valence electrons. The lowest BCUT2D eigenvalue weighted by atomic mass is 10.1. The van der Waals surface area contributed by atoms with Gasteiger partial charge in [-0.25, -0.2) is 0 Å². The van der Waals surface area contributed by atoms with Crippen LogP contribution in [0.1, 0.15) is 39.7 Å². The van der Waals surface area contributed by atoms with Crippen molar-refractivity contribution in [2.24, 2.45) is 10.3 Å². The van der Waals surface area contributed by atoms with Crippen LogP contribution in [-0.4, -0.2) is 31.2 Å². The fourth-order valence-corrected chi connectivity index (χ4v) is 1.60. The third kappa shape index (κ3) is 6.79. The minimum atomic E-state index is 0.158. The molecule has 0 heterocycles. The fourth-order valence-electron chi connectivity index (χ4n) is 1.60. The molecule has 0 aliphatic carbocycles. The van der Waals surface area contributed by atoms with Crippen molar-refractivity contribution < 1.29 is 14.4 Å². The highest BCUT2D eigenvalue weighted by Gasteiger charge is 2.05. The Labute approximate surface area is 126 Å². The van der Waals surface area contributed by atoms with Gasteiger partial charge in [-0.3, -0.25) is 0 Å². The van der Waals surface area contributed by atoms with Crippen molar-refractivity contribution in [1.82, 2.24) is 0 Å². The molecule has 0 atom stereocenters. The summed E-state index contributed by atoms with van der Waals surface area (Å²) < 4.78 is 5.63. The second kappa shape index (κ2) is 9.80. The van der Waals surface area contributed by atoms with Crippen LogP contribution in [0.25, 0.3) is 0 Å². The predicted octanol–water partition coefficient (Wildman–Crippen LogP) is 3.63. The summed E-state index contributed by atoms with van der Waals surface area (Å²) in [5, 5.41) is 7.96. The third-order valence-electron chi connectivity index (χ3n) is 2.43. The average Bonchev–Trinajstić information content (AvgIpc) is 2.47. The molecule has 5 nitrogen and oxygen atoms in total. The van der Waals surface area contributed by atoms with Gasteiger partial charge in [0.25, 0.3) is 0 Å². The van der Waals surface area contributed by atoms with Crippen LogP contribution in [0.4, 0.5) is 0 Å². The van der Waals surface area contributed by atoms with E-state index >= 15 is 0 Å². The van der Waals surface area contributed by atoms with Crippen LogP contribution < -0.4 is 4.74 Å². The first kappa shape index (κ1) is 17.0. The molecule has 0 bridgehead atoms. The van der Waals surface area contributed by atoms with Gasteiger partial charge in [-0.15, -0.1) is 0 Å². The SMILES string of the molecule is CCO/N=C(/C/C=N/OCC)c1ccc(OC(C)C)cc1. The summed E-state index contributed by atoms with van der Waals surface area (Å²) in [5.74, 6) is 0.840. The summed E-state index contributed by atoms with van der Waals surface area (Å²) in [6.07, 6.45) is 2.38. The van der Waals surface area contributed by atoms with Crippen LogP contribution in [0.3, 0.4) is 0 Å². The lowest BCUT2D eigenvalue weighted by Gasteiger charge is -2.10. The van der Waals surface area contributed by atoms with Crippen LogP contribution in [0.15, 0.2) is 34.6 Å². The summed E-state index contributed by atoms with van der Waals surface area (Å²) in [5.41, 5.74) is 1.78. The second-order valence-electron chi connectivity index (χ2n) is 4.56. The lowest BCUT2D eigenvalue weighted by Crippen LogP contribution is -2.07. The van der Waals surface area contributed by atoms with Crippen molar-refractivity contribution in [1.29, 1.82) is 0 Å². The molecular formula is C16H24N2O3. The first-order chi connectivity index (χ1) is 10.2. The third-order valence-corrected chi connectivity index (χ3v) is 2.43. The molecule has 0 fully saturated rings. The maximum absolute atomic E-state index is 5.63. The van der Waals surface area contributed by atoms with Gasteiger partial charge in [0.2, 0.25) is 0 Å². The molecule has 5 heteroatoms. The number of oxime groups is 2. The van der Waals surface area contributed by atoms with Gasteiger partial charge in [0.15, 0.2) is 0 Å². The number of ether oxygens (including phenoxy) is 1. The van der Waals surface area contributed by atoms with E-state index < -0.39 is 0 Å². The number of hydrogen-bond donors (Lipinski definition) is 0. The average molecular weight is 292 g/mol. The quantitative estimate of drug-likeness (QED) is 0.516. The minimum Gasteiger partial charge on any atom is -0.491 e. The van der Waals surface area contributed by atoms with Crippen LogP contribution in [0.5, 0.6) is 5.75 Å². The number of nitrogens with zero attached hydrogens (tertiary/aromatic N) is 2. The van der Waals surface area contributed by atoms with Crippen molar-refractivity contribution in [3.8, 4) is 5.75 Å². The highest BCUT2D eigenvalue weighted by atomic mass is 16.6. The molecular weight excluding hydrogens is 268 g/mol. The Hall–Kier alpha value is -2.04. The predicted molar refractivity (Wildman–Crippen MR) is 85.1 cm³/mol. The Bertz CT molecular complexity index is 453. The number of benzene rings is 1. The molecule has 0 saturated carbocycles. The lowest BCUT2D eigenvalue weighted by molar-refractivity contribution is 0.157. The Morgan fingerprint density at radius 2 is 1.76 bits per heavy atom. The molecule has 21 heavy (non-hydrogen) atoms. The van der Waals surface area contributed by atoms with Crippen molar-refractivity contribution in [2.75, 3.05) is 13.2 Å². The van der Waals surface area contributed by atoms with E-state index in [9.17, 15) is 0 Å². The van der Waals surface area contributed by atoms with E-state index in [1.165, 1.54) is 0 Å². The van der Waals surface area contributed by atoms with E-state index in [4.69, 9.17) is 14.4 Å². The Morgan fingerprint density at radius 1 is 1.10 bits per heavy atom. The Morgan fingerprint density at radius 3 is 2.33 bits per heavy atom. The van der Waals surface area contributed by atoms with Gasteiger partial charge in [0, 0.05) is 12.6 Å². The molecule has 0 amide bonds. The van der Waals surface area contributed by atoms with Gasteiger partial charge >= 0.3 is 0 Å². The van der Waals surface area contributed by atoms with E-state index in [0.717, 1.165) is 17.0 Å². The van der Waals surface area contributed by atoms with Gasteiger partial charge in [0.1, 0.15) is 19.0 Å². The number of hydrogen-bond acceptors (Lipinski definition) is 5. The standard InChI is InChI=1S/C16H24N2O3/c1-5-19-17-12-11-16(18-20-6-2)14-7-9-15(10-8-14)21-13(3)4/h7-10,12-13H,5-6,11H2,1-4H3/b17-12+,18-16-. The minimum absolute atomic E-state index is 0.158. The summed E-state index contributed by atoms with van der Waals surface area (Å²) >= 11 is 0. The Kier molecular flexibility index (Phi) is 7.94. The Balaban J connectivity index is 2.77. The molecule has 0 aliphatic heterocycles. The van der Waals surface area contributed by atoms with Crippen molar-refractivity contribution >= 4 is 11.9 Å². The van der Waals surface area contributed by atoms with Gasteiger partial charge in [-0.1, -0.05) is 10.3 Å². The maximum Gasteiger partial charge on any atom is 0.119 e. The maximum atomic E-state index is 5.63. The van der Waals surface area contributed by atoms with Gasteiger partial charge in [-0.2, -0.15) is 0 Å². The van der Waals surface area contributed by atoms with Gasteiger partial charge < -0.3 is 14.4 Å². The monoisotopic (exact) mass is 292 g/mol. The highest BCUT2D eigenvalue weighted by Crippen LogP contribution is 2.15. The molecule has 0 aromatic heterocycles. The summed E-state index contributed by atoms with van der Waals surface area (Å²) in [4.78, 5) is 10.1. The van der Waals surface area contributed by atoms with Gasteiger partial charge in [-0.05, 0) is 57.5 Å². The summed E-state index contributed by atoms with van der Waals surface area (Å²) in [6.45, 7) is 8.87. The van der Waals surface area contributed by atoms with Crippen molar-refractivity contribution in [3.05, 3.63) is 29.8 Å². The van der Waals surface area contributed by atoms with Crippen LogP contribution in [-0.2, 0) is 9.68 Å². The molecule has 0 aliphatic rings. The topological polar surface area (TPSA) is 52.4 Å². The van der Waals surface area contributed by atoms with Crippen molar-refractivity contribution in [2.45, 2.75) is 40.2 Å². The van der Waals surface area contributed by atoms with E-state index in [1.54, 1.807) is 6.21 Å². The van der Waals surface area contributed by atoms with E-state index in [0.29, 0.717) is 19.6 Å². The molecule has 1 rings (SSSR count). The zero-order valence-corrected chi connectivity index (χ0v) is 13.2. The fraction of sp³-hybridized carbons (Fsp3) is 0.500. The largest absolute Gasteiger partial charge is 0.491 e. The first-order valence-corrected chi connectivity index (χ1v) is 7.27. The smallest absolute Gasteiger partial charge is 0.119 e. The van der Waals surface area contributed by atoms with E-state index in [2.05, 4.69) is 10.3 Å². The van der Waals surface area contributed by atoms with E-state index in [-0.39, 0.29) is 6.10 Å².